The Morgan fingerprint density at radius 2 is 1.59 bits per heavy atom. The van der Waals surface area contributed by atoms with Gasteiger partial charge in [-0.05, 0) is 35.4 Å². The molecule has 0 aromatic heterocycles. The molecular weight excluding hydrogens is 462 g/mol. The normalized spacial score (nSPS) is 15.0. The number of carbonyl (C=O) groups is 1. The number of aliphatic hydroxyl groups is 1. The quantitative estimate of drug-likeness (QED) is 0.503. The molecule has 1 amide bonds. The lowest BCUT2D eigenvalue weighted by atomic mass is 9.91. The highest BCUT2D eigenvalue weighted by atomic mass is 32.2. The second-order valence-corrected chi connectivity index (χ2v) is 8.42. The van der Waals surface area contributed by atoms with Crippen molar-refractivity contribution in [1.82, 2.24) is 5.32 Å². The highest BCUT2D eigenvalue weighted by Crippen LogP contribution is 2.41. The van der Waals surface area contributed by atoms with Crippen molar-refractivity contribution in [3.63, 3.8) is 0 Å². The maximum Gasteiger partial charge on any atom is 0.423 e. The van der Waals surface area contributed by atoms with Crippen LogP contribution in [0.2, 0.25) is 0 Å². The Morgan fingerprint density at radius 1 is 1.00 bits per heavy atom. The van der Waals surface area contributed by atoms with E-state index in [9.17, 15) is 40.5 Å². The van der Waals surface area contributed by atoms with Crippen LogP contribution >= 0.6 is 0 Å². The third-order valence-corrected chi connectivity index (χ3v) is 5.13. The van der Waals surface area contributed by atoms with E-state index in [1.807, 2.05) is 0 Å². The molecule has 0 heterocycles. The number of hydrogen-bond acceptors (Lipinski definition) is 4. The molecule has 32 heavy (non-hydrogen) atoms. The second kappa shape index (κ2) is 9.90. The van der Waals surface area contributed by atoms with Crippen molar-refractivity contribution in [3.8, 4) is 0 Å². The minimum atomic E-state index is -5.26. The Labute approximate surface area is 182 Å². The fourth-order valence-electron chi connectivity index (χ4n) is 2.73. The minimum absolute atomic E-state index is 0.104. The molecule has 2 aromatic carbocycles. The van der Waals surface area contributed by atoms with Gasteiger partial charge in [0.05, 0.1) is 12.1 Å². The molecule has 12 heteroatoms. The van der Waals surface area contributed by atoms with Crippen molar-refractivity contribution < 1.29 is 40.5 Å². The third kappa shape index (κ3) is 6.70. The van der Waals surface area contributed by atoms with E-state index in [4.69, 9.17) is 0 Å². The van der Waals surface area contributed by atoms with E-state index in [1.165, 1.54) is 30.5 Å². The Bertz CT molecular complexity index is 963. The molecule has 0 aliphatic carbocycles. The first-order valence-corrected chi connectivity index (χ1v) is 10.8. The zero-order valence-corrected chi connectivity index (χ0v) is 17.5. The molecular formula is C20H20F6N2O3S. The molecule has 0 spiro atoms. The van der Waals surface area contributed by atoms with Gasteiger partial charge in [0.25, 0.3) is 0 Å². The number of carbonyl (C=O) groups excluding carboxylic acids is 1. The van der Waals surface area contributed by atoms with E-state index in [1.54, 1.807) is 0 Å². The lowest BCUT2D eigenvalue weighted by Gasteiger charge is -2.32. The molecule has 0 unspecified atom stereocenters. The van der Waals surface area contributed by atoms with Gasteiger partial charge in [-0.25, -0.2) is 0 Å². The highest BCUT2D eigenvalue weighted by molar-refractivity contribution is 7.85. The van der Waals surface area contributed by atoms with Crippen molar-refractivity contribution in [2.75, 3.05) is 23.9 Å². The number of rotatable bonds is 8. The van der Waals surface area contributed by atoms with Crippen molar-refractivity contribution in [2.45, 2.75) is 24.5 Å². The van der Waals surface area contributed by atoms with Gasteiger partial charge in [0.2, 0.25) is 11.5 Å². The van der Waals surface area contributed by atoms with Crippen molar-refractivity contribution >= 4 is 22.4 Å². The standard InChI is InChI=1S/C20H20F6N2O3S/c1-32(31)11-17(29)27-10-13-5-7-16(8-6-13)28-12-18(30,20(24,25)26)14-3-2-4-15(9-14)19(21,22)23/h2-9,28,30H,10-12H2,1H3,(H,27,29)/t18-,32+/m1/s1. The van der Waals surface area contributed by atoms with Crippen LogP contribution in [0.15, 0.2) is 48.5 Å². The number of alkyl halides is 6. The summed E-state index contributed by atoms with van der Waals surface area (Å²) < 4.78 is 90.5. The minimum Gasteiger partial charge on any atom is -0.381 e. The van der Waals surface area contributed by atoms with E-state index in [-0.39, 0.29) is 24.1 Å². The predicted molar refractivity (Wildman–Crippen MR) is 107 cm³/mol. The molecule has 0 aliphatic heterocycles. The van der Waals surface area contributed by atoms with Gasteiger partial charge in [-0.3, -0.25) is 9.00 Å². The third-order valence-electron chi connectivity index (χ3n) is 4.46. The fourth-order valence-corrected chi connectivity index (χ4v) is 3.20. The Hall–Kier alpha value is -2.60. The zero-order chi connectivity index (χ0) is 24.2. The van der Waals surface area contributed by atoms with Gasteiger partial charge in [0.1, 0.15) is 5.75 Å². The Kier molecular flexibility index (Phi) is 7.94. The first-order chi connectivity index (χ1) is 14.7. The molecule has 2 atom stereocenters. The van der Waals surface area contributed by atoms with Crippen LogP contribution in [0.1, 0.15) is 16.7 Å². The van der Waals surface area contributed by atoms with Gasteiger partial charge in [-0.15, -0.1) is 0 Å². The maximum absolute atomic E-state index is 13.6. The summed E-state index contributed by atoms with van der Waals surface area (Å²) in [6, 6.07) is 8.24. The first-order valence-electron chi connectivity index (χ1n) is 9.09. The van der Waals surface area contributed by atoms with Crippen molar-refractivity contribution in [1.29, 1.82) is 0 Å². The van der Waals surface area contributed by atoms with E-state index < -0.39 is 52.3 Å². The van der Waals surface area contributed by atoms with Crippen LogP contribution in [-0.2, 0) is 33.9 Å². The summed E-state index contributed by atoms with van der Waals surface area (Å²) in [6.45, 7) is -1.02. The lowest BCUT2D eigenvalue weighted by molar-refractivity contribution is -0.260. The molecule has 5 nitrogen and oxygen atoms in total. The summed E-state index contributed by atoms with van der Waals surface area (Å²) in [5.41, 5.74) is -5.05. The van der Waals surface area contributed by atoms with Crippen LogP contribution in [0, 0.1) is 0 Å². The van der Waals surface area contributed by atoms with Crippen LogP contribution in [0.5, 0.6) is 0 Å². The molecule has 0 bridgehead atoms. The molecule has 0 fully saturated rings. The van der Waals surface area contributed by atoms with Gasteiger partial charge in [-0.1, -0.05) is 24.3 Å². The van der Waals surface area contributed by atoms with Gasteiger partial charge in [0, 0.05) is 29.3 Å². The molecule has 2 rings (SSSR count). The van der Waals surface area contributed by atoms with E-state index in [2.05, 4.69) is 10.6 Å². The fraction of sp³-hybridized carbons (Fsp3) is 0.350. The number of benzene rings is 2. The molecule has 0 saturated heterocycles. The van der Waals surface area contributed by atoms with Gasteiger partial charge < -0.3 is 15.7 Å². The van der Waals surface area contributed by atoms with Gasteiger partial charge in [0.15, 0.2) is 0 Å². The van der Waals surface area contributed by atoms with Crippen LogP contribution in [0.3, 0.4) is 0 Å². The van der Waals surface area contributed by atoms with Crippen molar-refractivity contribution in [3.05, 3.63) is 65.2 Å². The molecule has 0 saturated carbocycles. The highest BCUT2D eigenvalue weighted by Gasteiger charge is 2.55. The van der Waals surface area contributed by atoms with E-state index >= 15 is 0 Å². The number of nitrogens with one attached hydrogen (secondary N) is 2. The average Bonchev–Trinajstić information content (AvgIpc) is 2.69. The zero-order valence-electron chi connectivity index (χ0n) is 16.7. The molecule has 3 N–H and O–H groups in total. The van der Waals surface area contributed by atoms with E-state index in [0.717, 1.165) is 12.1 Å². The molecule has 0 radical (unpaired) electrons. The van der Waals surface area contributed by atoms with Crippen LogP contribution in [-0.4, -0.2) is 40.0 Å². The average molecular weight is 482 g/mol. The van der Waals surface area contributed by atoms with Crippen LogP contribution < -0.4 is 10.6 Å². The van der Waals surface area contributed by atoms with Crippen LogP contribution in [0.4, 0.5) is 32.0 Å². The number of hydrogen-bond donors (Lipinski definition) is 3. The second-order valence-electron chi connectivity index (χ2n) is 6.98. The Morgan fingerprint density at radius 3 is 2.12 bits per heavy atom. The molecule has 2 aromatic rings. The van der Waals surface area contributed by atoms with E-state index in [0.29, 0.717) is 11.6 Å². The summed E-state index contributed by atoms with van der Waals surface area (Å²) in [5, 5.41) is 15.2. The summed E-state index contributed by atoms with van der Waals surface area (Å²) in [4.78, 5) is 11.5. The summed E-state index contributed by atoms with van der Waals surface area (Å²) in [7, 11) is -1.30. The smallest absolute Gasteiger partial charge is 0.381 e. The van der Waals surface area contributed by atoms with Crippen molar-refractivity contribution in [2.24, 2.45) is 0 Å². The predicted octanol–water partition coefficient (Wildman–Crippen LogP) is 3.56. The monoisotopic (exact) mass is 482 g/mol. The summed E-state index contributed by atoms with van der Waals surface area (Å²) >= 11 is 0. The number of halogens is 6. The van der Waals surface area contributed by atoms with Gasteiger partial charge >= 0.3 is 12.4 Å². The van der Waals surface area contributed by atoms with Gasteiger partial charge in [-0.2, -0.15) is 26.3 Å². The lowest BCUT2D eigenvalue weighted by Crippen LogP contribution is -2.47. The SMILES string of the molecule is C[S@](=O)CC(=O)NCc1ccc(NC[C@@](O)(c2cccc(C(F)(F)F)c2)C(F)(F)F)cc1. The number of amides is 1. The largest absolute Gasteiger partial charge is 0.423 e. The van der Waals surface area contributed by atoms with Crippen LogP contribution in [0.25, 0.3) is 0 Å². The summed E-state index contributed by atoms with van der Waals surface area (Å²) in [6.07, 6.45) is -8.75. The number of anilines is 1. The molecule has 176 valence electrons. The summed E-state index contributed by atoms with van der Waals surface area (Å²) in [5.74, 6) is -0.588. The first kappa shape index (κ1) is 25.7. The maximum atomic E-state index is 13.6. The Balaban J connectivity index is 2.13. The topological polar surface area (TPSA) is 78.4 Å². The molecule has 0 aliphatic rings.